The molecule has 0 radical (unpaired) electrons. The molecular weight excluding hydrogens is 403 g/mol. The first kappa shape index (κ1) is 18.9. The van der Waals surface area contributed by atoms with E-state index in [0.29, 0.717) is 24.1 Å². The first-order valence-electron chi connectivity index (χ1n) is 8.69. The fourth-order valence-electron chi connectivity index (χ4n) is 3.20. The Morgan fingerprint density at radius 2 is 1.75 bits per heavy atom. The highest BCUT2D eigenvalue weighted by molar-refractivity contribution is 7.89. The molecular formula is C18H17FN4O3S2. The Kier molecular flexibility index (Phi) is 5.09. The number of piperazine rings is 1. The molecule has 1 saturated heterocycles. The van der Waals surface area contributed by atoms with Crippen LogP contribution in [0.2, 0.25) is 0 Å². The quantitative estimate of drug-likeness (QED) is 0.644. The summed E-state index contributed by atoms with van der Waals surface area (Å²) >= 11 is 0.977. The standard InChI is InChI=1S/C18H17FN4O3S2/c19-14-6-4-13(5-7-14)12-17(24)22-8-10-23(11-9-22)28(25,26)16-3-1-2-15-18(16)21-27-20-15/h1-7H,8-12H2. The van der Waals surface area contributed by atoms with E-state index in [1.165, 1.54) is 22.5 Å². The summed E-state index contributed by atoms with van der Waals surface area (Å²) in [4.78, 5) is 14.2. The molecule has 3 aromatic rings. The van der Waals surface area contributed by atoms with Crippen molar-refractivity contribution in [1.29, 1.82) is 0 Å². The van der Waals surface area contributed by atoms with Crippen LogP contribution >= 0.6 is 11.7 Å². The fourth-order valence-corrected chi connectivity index (χ4v) is 5.37. The molecule has 1 aliphatic rings. The van der Waals surface area contributed by atoms with Gasteiger partial charge in [0.05, 0.1) is 18.1 Å². The number of carbonyl (C=O) groups is 1. The van der Waals surface area contributed by atoms with Gasteiger partial charge in [-0.15, -0.1) is 0 Å². The van der Waals surface area contributed by atoms with Crippen molar-refractivity contribution in [2.24, 2.45) is 0 Å². The molecule has 10 heteroatoms. The molecule has 0 unspecified atom stereocenters. The van der Waals surface area contributed by atoms with Crippen LogP contribution in [0.25, 0.3) is 11.0 Å². The zero-order chi connectivity index (χ0) is 19.7. The van der Waals surface area contributed by atoms with E-state index in [1.807, 2.05) is 0 Å². The van der Waals surface area contributed by atoms with Crippen molar-refractivity contribution in [3.8, 4) is 0 Å². The third kappa shape index (κ3) is 3.62. The summed E-state index contributed by atoms with van der Waals surface area (Å²) in [5.41, 5.74) is 1.66. The Labute approximate surface area is 165 Å². The zero-order valence-electron chi connectivity index (χ0n) is 14.8. The van der Waals surface area contributed by atoms with Gasteiger partial charge in [-0.25, -0.2) is 12.8 Å². The first-order chi connectivity index (χ1) is 13.4. The number of sulfonamides is 1. The van der Waals surface area contributed by atoms with Crippen LogP contribution in [0.15, 0.2) is 47.4 Å². The number of benzene rings is 2. The summed E-state index contributed by atoms with van der Waals surface area (Å²) in [6, 6.07) is 10.7. The molecule has 1 aliphatic heterocycles. The maximum atomic E-state index is 13.0. The van der Waals surface area contributed by atoms with Crippen molar-refractivity contribution in [2.45, 2.75) is 11.3 Å². The molecule has 0 atom stereocenters. The summed E-state index contributed by atoms with van der Waals surface area (Å²) in [6.45, 7) is 1.05. The third-order valence-corrected chi connectivity index (χ3v) is 7.20. The van der Waals surface area contributed by atoms with Crippen molar-refractivity contribution in [2.75, 3.05) is 26.2 Å². The van der Waals surface area contributed by atoms with E-state index in [9.17, 15) is 17.6 Å². The number of hydrogen-bond donors (Lipinski definition) is 0. The Morgan fingerprint density at radius 3 is 2.46 bits per heavy atom. The Balaban J connectivity index is 1.44. The molecule has 7 nitrogen and oxygen atoms in total. The topological polar surface area (TPSA) is 83.5 Å². The minimum atomic E-state index is -3.71. The monoisotopic (exact) mass is 420 g/mol. The lowest BCUT2D eigenvalue weighted by Crippen LogP contribution is -2.50. The van der Waals surface area contributed by atoms with Gasteiger partial charge in [0.15, 0.2) is 0 Å². The molecule has 0 aliphatic carbocycles. The molecule has 28 heavy (non-hydrogen) atoms. The van der Waals surface area contributed by atoms with Crippen LogP contribution in [0.4, 0.5) is 4.39 Å². The van der Waals surface area contributed by atoms with E-state index in [0.717, 1.165) is 17.3 Å². The molecule has 0 bridgehead atoms. The second-order valence-electron chi connectivity index (χ2n) is 6.48. The van der Waals surface area contributed by atoms with E-state index in [4.69, 9.17) is 0 Å². The molecule has 1 aromatic heterocycles. The van der Waals surface area contributed by atoms with Gasteiger partial charge in [0.1, 0.15) is 21.7 Å². The lowest BCUT2D eigenvalue weighted by molar-refractivity contribution is -0.131. The Hall–Kier alpha value is -2.43. The predicted octanol–water partition coefficient (Wildman–Crippen LogP) is 1.91. The minimum absolute atomic E-state index is 0.102. The summed E-state index contributed by atoms with van der Waals surface area (Å²) in [6.07, 6.45) is 0.164. The first-order valence-corrected chi connectivity index (χ1v) is 10.9. The number of fused-ring (bicyclic) bond motifs is 1. The summed E-state index contributed by atoms with van der Waals surface area (Å²) in [5, 5.41) is 0. The van der Waals surface area contributed by atoms with E-state index in [2.05, 4.69) is 8.75 Å². The molecule has 0 N–H and O–H groups in total. The highest BCUT2D eigenvalue weighted by Crippen LogP contribution is 2.25. The van der Waals surface area contributed by atoms with Gasteiger partial charge in [0.2, 0.25) is 15.9 Å². The summed E-state index contributed by atoms with van der Waals surface area (Å²) < 4.78 is 48.6. The van der Waals surface area contributed by atoms with Gasteiger partial charge in [-0.1, -0.05) is 18.2 Å². The largest absolute Gasteiger partial charge is 0.340 e. The summed E-state index contributed by atoms with van der Waals surface area (Å²) in [5.74, 6) is -0.449. The van der Waals surface area contributed by atoms with Crippen molar-refractivity contribution in [3.63, 3.8) is 0 Å². The second-order valence-corrected chi connectivity index (χ2v) is 8.91. The molecule has 4 rings (SSSR count). The van der Waals surface area contributed by atoms with E-state index in [1.54, 1.807) is 29.2 Å². The Morgan fingerprint density at radius 1 is 1.04 bits per heavy atom. The van der Waals surface area contributed by atoms with E-state index in [-0.39, 0.29) is 36.1 Å². The molecule has 146 valence electrons. The summed E-state index contributed by atoms with van der Waals surface area (Å²) in [7, 11) is -3.71. The second kappa shape index (κ2) is 7.53. The number of carbonyl (C=O) groups excluding carboxylic acids is 1. The van der Waals surface area contributed by atoms with Crippen molar-refractivity contribution < 1.29 is 17.6 Å². The average molecular weight is 420 g/mol. The smallest absolute Gasteiger partial charge is 0.245 e. The number of amides is 1. The van der Waals surface area contributed by atoms with Gasteiger partial charge in [-0.05, 0) is 29.8 Å². The molecule has 0 saturated carbocycles. The normalized spacial score (nSPS) is 15.8. The fraction of sp³-hybridized carbons (Fsp3) is 0.278. The van der Waals surface area contributed by atoms with Gasteiger partial charge < -0.3 is 4.90 Å². The lowest BCUT2D eigenvalue weighted by atomic mass is 10.1. The number of rotatable bonds is 4. The van der Waals surface area contributed by atoms with Crippen LogP contribution in [0.1, 0.15) is 5.56 Å². The van der Waals surface area contributed by atoms with Gasteiger partial charge >= 0.3 is 0 Å². The number of halogens is 1. The van der Waals surface area contributed by atoms with Crippen molar-refractivity contribution in [3.05, 3.63) is 53.8 Å². The van der Waals surface area contributed by atoms with Crippen LogP contribution in [0.3, 0.4) is 0 Å². The van der Waals surface area contributed by atoms with Crippen LogP contribution in [-0.4, -0.2) is 58.5 Å². The highest BCUT2D eigenvalue weighted by Gasteiger charge is 2.31. The van der Waals surface area contributed by atoms with E-state index >= 15 is 0 Å². The number of hydrogen-bond acceptors (Lipinski definition) is 6. The van der Waals surface area contributed by atoms with Gasteiger partial charge in [-0.2, -0.15) is 13.1 Å². The minimum Gasteiger partial charge on any atom is -0.340 e. The SMILES string of the molecule is O=C(Cc1ccc(F)cc1)N1CCN(S(=O)(=O)c2cccc3nsnc23)CC1. The Bertz CT molecular complexity index is 1110. The van der Waals surface area contributed by atoms with E-state index < -0.39 is 10.0 Å². The lowest BCUT2D eigenvalue weighted by Gasteiger charge is -2.34. The molecule has 2 heterocycles. The highest BCUT2D eigenvalue weighted by atomic mass is 32.2. The molecule has 2 aromatic carbocycles. The zero-order valence-corrected chi connectivity index (χ0v) is 16.4. The molecule has 1 amide bonds. The van der Waals surface area contributed by atoms with Crippen LogP contribution in [0.5, 0.6) is 0 Å². The number of nitrogens with zero attached hydrogens (tertiary/aromatic N) is 4. The van der Waals surface area contributed by atoms with Crippen LogP contribution in [0, 0.1) is 5.82 Å². The molecule has 0 spiro atoms. The molecule has 1 fully saturated rings. The van der Waals surface area contributed by atoms with Crippen molar-refractivity contribution >= 4 is 38.7 Å². The predicted molar refractivity (Wildman–Crippen MR) is 103 cm³/mol. The average Bonchev–Trinajstić information content (AvgIpc) is 3.18. The van der Waals surface area contributed by atoms with Gasteiger partial charge in [-0.3, -0.25) is 4.79 Å². The number of aromatic nitrogens is 2. The van der Waals surface area contributed by atoms with Crippen LogP contribution < -0.4 is 0 Å². The van der Waals surface area contributed by atoms with Gasteiger partial charge in [0, 0.05) is 26.2 Å². The van der Waals surface area contributed by atoms with Gasteiger partial charge in [0.25, 0.3) is 0 Å². The maximum absolute atomic E-state index is 13.0. The van der Waals surface area contributed by atoms with Crippen LogP contribution in [-0.2, 0) is 21.2 Å². The maximum Gasteiger partial charge on any atom is 0.245 e. The van der Waals surface area contributed by atoms with Crippen molar-refractivity contribution in [1.82, 2.24) is 18.0 Å². The third-order valence-electron chi connectivity index (χ3n) is 4.73.